The Balaban J connectivity index is 0.00000208. The third-order valence-corrected chi connectivity index (χ3v) is 5.81. The zero-order valence-corrected chi connectivity index (χ0v) is 17.8. The van der Waals surface area contributed by atoms with Crippen LogP contribution in [0.4, 0.5) is 0 Å². The van der Waals surface area contributed by atoms with Crippen LogP contribution in [0.3, 0.4) is 0 Å². The molecule has 1 aromatic heterocycles. The maximum atomic E-state index is 4.92. The molecular weight excluding hydrogens is 431 g/mol. The number of hydrogen-bond acceptors (Lipinski definition) is 3. The van der Waals surface area contributed by atoms with Gasteiger partial charge in [0.1, 0.15) is 0 Å². The molecule has 1 fully saturated rings. The molecule has 0 saturated carbocycles. The summed E-state index contributed by atoms with van der Waals surface area (Å²) in [5, 5.41) is 5.63. The lowest BCUT2D eigenvalue weighted by Gasteiger charge is -2.25. The Labute approximate surface area is 167 Å². The van der Waals surface area contributed by atoms with E-state index in [1.54, 1.807) is 0 Å². The molecule has 0 bridgehead atoms. The van der Waals surface area contributed by atoms with Gasteiger partial charge in [0, 0.05) is 49.6 Å². The van der Waals surface area contributed by atoms with Crippen LogP contribution in [0.1, 0.15) is 31.1 Å². The second-order valence-corrected chi connectivity index (χ2v) is 7.40. The number of nitrogens with zero attached hydrogens (tertiary/aromatic N) is 3. The molecule has 1 aromatic rings. The Morgan fingerprint density at radius 3 is 2.88 bits per heavy atom. The van der Waals surface area contributed by atoms with Gasteiger partial charge in [-0.15, -0.1) is 35.3 Å². The molecule has 2 atom stereocenters. The second-order valence-electron chi connectivity index (χ2n) is 6.42. The van der Waals surface area contributed by atoms with Gasteiger partial charge in [-0.25, -0.2) is 0 Å². The van der Waals surface area contributed by atoms with Crippen molar-refractivity contribution in [1.29, 1.82) is 0 Å². The van der Waals surface area contributed by atoms with Gasteiger partial charge in [0.25, 0.3) is 0 Å². The standard InChI is InChI=1S/C18H28N4S.HI/c1-3-19-18(20-13-15(2)17-7-6-12-23-17)22-11-8-16(14-22)21-9-4-5-10-21;/h4-7,12,15-16H,3,8-11,13-14H2,1-2H3,(H,19,20);1H. The maximum Gasteiger partial charge on any atom is 0.193 e. The second kappa shape index (κ2) is 9.77. The number of rotatable bonds is 5. The zero-order chi connectivity index (χ0) is 16.1. The number of nitrogens with one attached hydrogen (secondary N) is 1. The molecule has 0 aliphatic carbocycles. The smallest absolute Gasteiger partial charge is 0.193 e. The van der Waals surface area contributed by atoms with E-state index in [1.807, 2.05) is 11.3 Å². The van der Waals surface area contributed by atoms with Crippen molar-refractivity contribution < 1.29 is 0 Å². The van der Waals surface area contributed by atoms with Crippen molar-refractivity contribution in [2.45, 2.75) is 32.2 Å². The number of likely N-dealkylation sites (tertiary alicyclic amines) is 1. The van der Waals surface area contributed by atoms with E-state index in [1.165, 1.54) is 11.3 Å². The lowest BCUT2D eigenvalue weighted by atomic mass is 10.1. The number of halogens is 1. The Hall–Kier alpha value is -0.600. The molecule has 3 heterocycles. The molecule has 0 spiro atoms. The fourth-order valence-corrected chi connectivity index (χ4v) is 4.11. The number of hydrogen-bond donors (Lipinski definition) is 1. The molecule has 2 aliphatic rings. The van der Waals surface area contributed by atoms with Crippen LogP contribution >= 0.6 is 35.3 Å². The predicted molar refractivity (Wildman–Crippen MR) is 115 cm³/mol. The molecule has 0 radical (unpaired) electrons. The first-order chi connectivity index (χ1) is 11.3. The highest BCUT2D eigenvalue weighted by Gasteiger charge is 2.29. The van der Waals surface area contributed by atoms with Gasteiger partial charge in [-0.3, -0.25) is 9.89 Å². The fourth-order valence-electron chi connectivity index (χ4n) is 3.34. The van der Waals surface area contributed by atoms with E-state index in [4.69, 9.17) is 4.99 Å². The number of aliphatic imine (C=N–C) groups is 1. The lowest BCUT2D eigenvalue weighted by Crippen LogP contribution is -2.43. The van der Waals surface area contributed by atoms with Gasteiger partial charge < -0.3 is 10.2 Å². The van der Waals surface area contributed by atoms with Crippen molar-refractivity contribution >= 4 is 41.3 Å². The van der Waals surface area contributed by atoms with E-state index in [0.29, 0.717) is 12.0 Å². The van der Waals surface area contributed by atoms with E-state index < -0.39 is 0 Å². The predicted octanol–water partition coefficient (Wildman–Crippen LogP) is 3.38. The Kier molecular flexibility index (Phi) is 8.03. The zero-order valence-electron chi connectivity index (χ0n) is 14.6. The van der Waals surface area contributed by atoms with E-state index in [2.05, 4.69) is 58.6 Å². The summed E-state index contributed by atoms with van der Waals surface area (Å²) in [6.07, 6.45) is 5.81. The minimum Gasteiger partial charge on any atom is -0.357 e. The van der Waals surface area contributed by atoms with Crippen LogP contribution in [0.5, 0.6) is 0 Å². The van der Waals surface area contributed by atoms with Crippen molar-refractivity contribution in [2.75, 3.05) is 39.3 Å². The summed E-state index contributed by atoms with van der Waals surface area (Å²) in [7, 11) is 0. The van der Waals surface area contributed by atoms with Crippen molar-refractivity contribution in [3.63, 3.8) is 0 Å². The molecule has 1 saturated heterocycles. The van der Waals surface area contributed by atoms with Crippen molar-refractivity contribution in [3.05, 3.63) is 34.5 Å². The Bertz CT molecular complexity index is 535. The highest BCUT2D eigenvalue weighted by molar-refractivity contribution is 14.0. The van der Waals surface area contributed by atoms with Gasteiger partial charge in [-0.1, -0.05) is 25.1 Å². The van der Waals surface area contributed by atoms with Crippen LogP contribution in [0.15, 0.2) is 34.7 Å². The normalized spacial score (nSPS) is 22.7. The lowest BCUT2D eigenvalue weighted by molar-refractivity contribution is 0.259. The van der Waals surface area contributed by atoms with Crippen LogP contribution < -0.4 is 5.32 Å². The van der Waals surface area contributed by atoms with E-state index in [-0.39, 0.29) is 24.0 Å². The first-order valence-corrected chi connectivity index (χ1v) is 9.61. The van der Waals surface area contributed by atoms with Crippen molar-refractivity contribution in [3.8, 4) is 0 Å². The highest BCUT2D eigenvalue weighted by atomic mass is 127. The third-order valence-electron chi connectivity index (χ3n) is 4.70. The SMILES string of the molecule is CCNC(=NCC(C)c1cccs1)N1CCC(N2CC=CC2)C1.I. The topological polar surface area (TPSA) is 30.9 Å². The van der Waals surface area contributed by atoms with E-state index in [0.717, 1.165) is 45.2 Å². The quantitative estimate of drug-likeness (QED) is 0.317. The summed E-state index contributed by atoms with van der Waals surface area (Å²) < 4.78 is 0. The van der Waals surface area contributed by atoms with E-state index >= 15 is 0 Å². The van der Waals surface area contributed by atoms with Gasteiger partial charge in [0.2, 0.25) is 0 Å². The van der Waals surface area contributed by atoms with Crippen LogP contribution in [0.2, 0.25) is 0 Å². The summed E-state index contributed by atoms with van der Waals surface area (Å²) in [5.74, 6) is 1.58. The van der Waals surface area contributed by atoms with Crippen molar-refractivity contribution in [2.24, 2.45) is 4.99 Å². The molecule has 4 nitrogen and oxygen atoms in total. The minimum atomic E-state index is 0. The van der Waals surface area contributed by atoms with Gasteiger partial charge in [0.05, 0.1) is 6.54 Å². The molecule has 134 valence electrons. The molecule has 2 aliphatic heterocycles. The molecule has 0 amide bonds. The summed E-state index contributed by atoms with van der Waals surface area (Å²) >= 11 is 1.83. The summed E-state index contributed by atoms with van der Waals surface area (Å²) in [5.41, 5.74) is 0. The summed E-state index contributed by atoms with van der Waals surface area (Å²) in [6, 6.07) is 5.01. The summed E-state index contributed by atoms with van der Waals surface area (Å²) in [4.78, 5) is 11.3. The van der Waals surface area contributed by atoms with Crippen LogP contribution in [0, 0.1) is 0 Å². The number of thiophene rings is 1. The van der Waals surface area contributed by atoms with Gasteiger partial charge in [-0.05, 0) is 24.8 Å². The molecule has 24 heavy (non-hydrogen) atoms. The summed E-state index contributed by atoms with van der Waals surface area (Å²) in [6.45, 7) is 10.6. The molecular formula is C18H29IN4S. The molecule has 2 unspecified atom stereocenters. The highest BCUT2D eigenvalue weighted by Crippen LogP contribution is 2.22. The van der Waals surface area contributed by atoms with Crippen LogP contribution in [-0.2, 0) is 0 Å². The third kappa shape index (κ3) is 4.95. The first kappa shape index (κ1) is 19.7. The molecule has 3 rings (SSSR count). The maximum absolute atomic E-state index is 4.92. The molecule has 0 aromatic carbocycles. The minimum absolute atomic E-state index is 0. The first-order valence-electron chi connectivity index (χ1n) is 8.73. The van der Waals surface area contributed by atoms with Gasteiger partial charge in [-0.2, -0.15) is 0 Å². The van der Waals surface area contributed by atoms with Crippen molar-refractivity contribution in [1.82, 2.24) is 15.1 Å². The van der Waals surface area contributed by atoms with Gasteiger partial charge in [0.15, 0.2) is 5.96 Å². The average Bonchev–Trinajstić information content (AvgIpc) is 3.32. The van der Waals surface area contributed by atoms with Crippen LogP contribution in [-0.4, -0.2) is 61.1 Å². The van der Waals surface area contributed by atoms with Gasteiger partial charge >= 0.3 is 0 Å². The fraction of sp³-hybridized carbons (Fsp3) is 0.611. The van der Waals surface area contributed by atoms with Crippen LogP contribution in [0.25, 0.3) is 0 Å². The Morgan fingerprint density at radius 1 is 1.42 bits per heavy atom. The molecule has 1 N–H and O–H groups in total. The molecule has 6 heteroatoms. The average molecular weight is 460 g/mol. The number of guanidine groups is 1. The van der Waals surface area contributed by atoms with E-state index in [9.17, 15) is 0 Å². The largest absolute Gasteiger partial charge is 0.357 e. The monoisotopic (exact) mass is 460 g/mol. The Morgan fingerprint density at radius 2 is 2.21 bits per heavy atom.